The Morgan fingerprint density at radius 2 is 1.80 bits per heavy atom. The number of nitrogens with zero attached hydrogens (tertiary/aromatic N) is 4. The van der Waals surface area contributed by atoms with E-state index in [0.717, 1.165) is 29.8 Å². The fourth-order valence-electron chi connectivity index (χ4n) is 6.13. The van der Waals surface area contributed by atoms with Gasteiger partial charge in [-0.3, -0.25) is 4.79 Å². The Labute approximate surface area is 322 Å². The van der Waals surface area contributed by atoms with Gasteiger partial charge in [0.25, 0.3) is 0 Å². The van der Waals surface area contributed by atoms with Crippen LogP contribution < -0.4 is 10.6 Å². The molecule has 1 aliphatic carbocycles. The molecule has 2 aromatic carbocycles. The van der Waals surface area contributed by atoms with E-state index in [9.17, 15) is 23.1 Å². The Morgan fingerprint density at radius 3 is 2.39 bits per heavy atom. The number of nitrogens with one attached hydrogen (secondary N) is 2. The van der Waals surface area contributed by atoms with Gasteiger partial charge >= 0.3 is 6.03 Å². The fourth-order valence-corrected chi connectivity index (χ4v) is 8.42. The van der Waals surface area contributed by atoms with E-state index >= 15 is 0 Å². The standard InChI is InChI=1S/C38H54N6O8S2/c1-26(52-38(2,3)4)35(42-37(47)43(5)22-30-25-53-34(40-30)24-51-6)36(46)41-32(19-27-11-8-7-9-12-27)33(45)23-44(21-29-13-10-14-29)54(49,50)31-17-15-28(16-18-31)20-39-48/h7-9,11-12,15-18,20,25-26,29,32-33,35,45,48H,10,13-14,19,21-24H2,1-6H3,(H,41,46)(H,42,47)/b39-20+/t26?,32-,33+,35?/m0/s1. The molecule has 4 rings (SSSR count). The first-order chi connectivity index (χ1) is 25.6. The highest BCUT2D eigenvalue weighted by Crippen LogP contribution is 2.30. The zero-order valence-electron chi connectivity index (χ0n) is 31.8. The number of hydrogen-bond donors (Lipinski definition) is 4. The molecule has 16 heteroatoms. The summed E-state index contributed by atoms with van der Waals surface area (Å²) in [5.41, 5.74) is 1.35. The summed E-state index contributed by atoms with van der Waals surface area (Å²) < 4.78 is 40.7. The van der Waals surface area contributed by atoms with Gasteiger partial charge in [-0.2, -0.15) is 4.31 Å². The maximum Gasteiger partial charge on any atom is 0.318 e. The molecule has 4 N–H and O–H groups in total. The van der Waals surface area contributed by atoms with E-state index < -0.39 is 51.9 Å². The molecule has 1 heterocycles. The van der Waals surface area contributed by atoms with E-state index in [2.05, 4.69) is 20.8 Å². The maximum atomic E-state index is 14.3. The number of rotatable bonds is 19. The average molecular weight is 787 g/mol. The smallest absolute Gasteiger partial charge is 0.318 e. The first kappa shape index (κ1) is 42.8. The minimum Gasteiger partial charge on any atom is -0.411 e. The molecule has 0 spiro atoms. The molecule has 2 unspecified atom stereocenters. The molecule has 1 aromatic heterocycles. The number of urea groups is 1. The number of methoxy groups -OCH3 is 1. The van der Waals surface area contributed by atoms with Crippen LogP contribution >= 0.6 is 11.3 Å². The molecule has 0 bridgehead atoms. The number of benzene rings is 2. The predicted molar refractivity (Wildman–Crippen MR) is 207 cm³/mol. The second-order valence-corrected chi connectivity index (χ2v) is 17.6. The van der Waals surface area contributed by atoms with Crippen LogP contribution in [0.3, 0.4) is 0 Å². The average Bonchev–Trinajstić information content (AvgIpc) is 3.54. The normalized spacial score (nSPS) is 16.1. The maximum absolute atomic E-state index is 14.3. The van der Waals surface area contributed by atoms with Gasteiger partial charge in [-0.05, 0) is 76.1 Å². The Hall–Kier alpha value is -3.93. The van der Waals surface area contributed by atoms with Gasteiger partial charge in [0.15, 0.2) is 0 Å². The monoisotopic (exact) mass is 786 g/mol. The molecular weight excluding hydrogens is 733 g/mol. The molecule has 1 aliphatic rings. The zero-order chi connectivity index (χ0) is 39.5. The summed E-state index contributed by atoms with van der Waals surface area (Å²) in [6.45, 7) is 7.70. The van der Waals surface area contributed by atoms with Gasteiger partial charge < -0.3 is 35.3 Å². The van der Waals surface area contributed by atoms with Crippen LogP contribution in [0.4, 0.5) is 4.79 Å². The number of oxime groups is 1. The lowest BCUT2D eigenvalue weighted by Gasteiger charge is -2.36. The van der Waals surface area contributed by atoms with Crippen molar-refractivity contribution >= 4 is 39.5 Å². The highest BCUT2D eigenvalue weighted by atomic mass is 32.2. The van der Waals surface area contributed by atoms with Crippen molar-refractivity contribution in [2.75, 3.05) is 27.2 Å². The topological polar surface area (TPSA) is 183 Å². The molecule has 0 aliphatic heterocycles. The molecule has 0 saturated heterocycles. The molecule has 54 heavy (non-hydrogen) atoms. The van der Waals surface area contributed by atoms with Crippen molar-refractivity contribution in [3.8, 4) is 0 Å². The van der Waals surface area contributed by atoms with E-state index in [1.807, 2.05) is 56.5 Å². The van der Waals surface area contributed by atoms with Crippen LogP contribution in [0, 0.1) is 5.92 Å². The van der Waals surface area contributed by atoms with Gasteiger partial charge in [-0.1, -0.05) is 54.0 Å². The molecule has 1 fully saturated rings. The number of sulfonamides is 1. The first-order valence-electron chi connectivity index (χ1n) is 18.0. The summed E-state index contributed by atoms with van der Waals surface area (Å²) in [5, 5.41) is 32.2. The summed E-state index contributed by atoms with van der Waals surface area (Å²) in [4.78, 5) is 33.8. The van der Waals surface area contributed by atoms with Crippen molar-refractivity contribution in [1.29, 1.82) is 0 Å². The number of ether oxygens (including phenoxy) is 2. The number of amides is 3. The van der Waals surface area contributed by atoms with Crippen LogP contribution in [0.5, 0.6) is 0 Å². The van der Waals surface area contributed by atoms with Crippen molar-refractivity contribution < 1.29 is 37.8 Å². The molecule has 0 radical (unpaired) electrons. The van der Waals surface area contributed by atoms with E-state index in [1.165, 1.54) is 51.0 Å². The van der Waals surface area contributed by atoms with Gasteiger partial charge in [0.2, 0.25) is 15.9 Å². The highest BCUT2D eigenvalue weighted by Gasteiger charge is 2.37. The fraction of sp³-hybridized carbons (Fsp3) is 0.526. The quantitative estimate of drug-likeness (QED) is 0.0778. The van der Waals surface area contributed by atoms with Crippen molar-refractivity contribution in [3.63, 3.8) is 0 Å². The van der Waals surface area contributed by atoms with Crippen LogP contribution in [0.15, 0.2) is 70.0 Å². The number of aliphatic hydroxyl groups excluding tert-OH is 1. The van der Waals surface area contributed by atoms with Gasteiger partial charge in [0, 0.05) is 32.6 Å². The van der Waals surface area contributed by atoms with Gasteiger partial charge in [-0.25, -0.2) is 18.2 Å². The lowest BCUT2D eigenvalue weighted by Crippen LogP contribution is -2.60. The van der Waals surface area contributed by atoms with Gasteiger partial charge in [-0.15, -0.1) is 11.3 Å². The van der Waals surface area contributed by atoms with E-state index in [-0.39, 0.29) is 36.9 Å². The predicted octanol–water partition coefficient (Wildman–Crippen LogP) is 4.39. The zero-order valence-corrected chi connectivity index (χ0v) is 33.5. The minimum absolute atomic E-state index is 0.0281. The number of aliphatic hydroxyl groups is 1. The van der Waals surface area contributed by atoms with Crippen molar-refractivity contribution in [1.82, 2.24) is 24.8 Å². The Kier molecular flexibility index (Phi) is 15.5. The van der Waals surface area contributed by atoms with Crippen LogP contribution in [0.2, 0.25) is 0 Å². The lowest BCUT2D eigenvalue weighted by atomic mass is 9.85. The molecule has 1 saturated carbocycles. The third kappa shape index (κ3) is 12.6. The number of carbonyl (C=O) groups is 2. The Bertz CT molecular complexity index is 1780. The van der Waals surface area contributed by atoms with Crippen molar-refractivity contribution in [2.24, 2.45) is 11.1 Å². The largest absolute Gasteiger partial charge is 0.411 e. The molecule has 4 atom stereocenters. The highest BCUT2D eigenvalue weighted by molar-refractivity contribution is 7.89. The van der Waals surface area contributed by atoms with E-state index in [4.69, 9.17) is 14.7 Å². The summed E-state index contributed by atoms with van der Waals surface area (Å²) >= 11 is 1.43. The SMILES string of the molecule is COCc1nc(CN(C)C(=O)NC(C(=O)N[C@@H](Cc2ccccc2)[C@H](O)CN(CC2CCC2)S(=O)(=O)c2ccc(/C=N/O)cc2)C(C)OC(C)(C)C)cs1. The number of carbonyl (C=O) groups excluding carboxylic acids is 2. The molecule has 3 amide bonds. The third-order valence-electron chi connectivity index (χ3n) is 9.08. The summed E-state index contributed by atoms with van der Waals surface area (Å²) in [5.74, 6) is -0.461. The van der Waals surface area contributed by atoms with Crippen molar-refractivity contribution in [3.05, 3.63) is 81.8 Å². The van der Waals surface area contributed by atoms with Gasteiger partial charge in [0.1, 0.15) is 11.0 Å². The third-order valence-corrected chi connectivity index (χ3v) is 11.8. The second kappa shape index (κ2) is 19.6. The Balaban J connectivity index is 1.59. The van der Waals surface area contributed by atoms with Crippen LogP contribution in [0.1, 0.15) is 68.8 Å². The lowest BCUT2D eigenvalue weighted by molar-refractivity contribution is -0.132. The Morgan fingerprint density at radius 1 is 1.11 bits per heavy atom. The molecule has 14 nitrogen and oxygen atoms in total. The number of hydrogen-bond acceptors (Lipinski definition) is 11. The molecule has 296 valence electrons. The van der Waals surface area contributed by atoms with E-state index in [0.29, 0.717) is 17.9 Å². The number of thiazole rings is 1. The summed E-state index contributed by atoms with van der Waals surface area (Å²) in [6, 6.07) is 12.5. The van der Waals surface area contributed by atoms with Crippen LogP contribution in [-0.4, -0.2) is 108 Å². The summed E-state index contributed by atoms with van der Waals surface area (Å²) in [7, 11) is -0.895. The minimum atomic E-state index is -4.08. The van der Waals surface area contributed by atoms with Crippen LogP contribution in [-0.2, 0) is 43.9 Å². The molecule has 3 aromatic rings. The number of aromatic nitrogens is 1. The molecular formula is C38H54N6O8S2. The first-order valence-corrected chi connectivity index (χ1v) is 20.3. The van der Waals surface area contributed by atoms with E-state index in [1.54, 1.807) is 21.1 Å². The van der Waals surface area contributed by atoms with Crippen LogP contribution in [0.25, 0.3) is 0 Å². The van der Waals surface area contributed by atoms with Gasteiger partial charge in [0.05, 0.1) is 53.8 Å². The second-order valence-electron chi connectivity index (χ2n) is 14.7. The summed E-state index contributed by atoms with van der Waals surface area (Å²) in [6.07, 6.45) is 1.99. The van der Waals surface area contributed by atoms with Crippen molar-refractivity contribution in [2.45, 2.75) is 101 Å².